The standard InChI is InChI=1S/C83H130N2.2C21H43.Pd/c1-7-13-19-21-23-25-27-29-31-33-35-37-39-41-43-45-47-49-51-53-55-60-64-76-69-77(65-61-56-54-52-50-48-46-44-42-40-38-36-34-32-30-28-26-24-22-20-14-8-2)73-79(72-76)83-81(67-59-17-11-5)80(66-18-12-6)82(85(83)84)78-70-74(62-57-15-9-3)68-75(71-78)63-58-16-10-4;2*1-3-5-7-9-11-13-15-17-19-21-20-18-16-14-12-10-8-6-4-2;/h68-73H,7-56,59,66-67H2,1-6H3;2*1,3-21H2,2H3;. The molecule has 0 aliphatic carbocycles. The van der Waals surface area contributed by atoms with Gasteiger partial charge in [0.1, 0.15) is 0 Å². The van der Waals surface area contributed by atoms with Crippen LogP contribution in [0.5, 0.6) is 0 Å². The van der Waals surface area contributed by atoms with E-state index < -0.39 is 0 Å². The number of hydrogen-bond acceptors (Lipinski definition) is 0. The van der Waals surface area contributed by atoms with Crippen LogP contribution >= 0.6 is 0 Å². The minimum Gasteiger partial charge on any atom is -0.0654 e. The third-order valence-electron chi connectivity index (χ3n) is 27.2. The Labute approximate surface area is 811 Å². The topological polar surface area (TPSA) is 25.3 Å². The maximum absolute atomic E-state index is 12.8. The first-order valence-corrected chi connectivity index (χ1v) is 60.3. The zero-order chi connectivity index (χ0) is 91.7. The van der Waals surface area contributed by atoms with Gasteiger partial charge in [0.2, 0.25) is 11.4 Å². The normalized spacial score (nSPS) is 11.9. The Bertz CT molecular complexity index is 2940. The molecule has 0 bridgehead atoms. The summed E-state index contributed by atoms with van der Waals surface area (Å²) in [5, 5.41) is 0. The van der Waals surface area contributed by atoms with Gasteiger partial charge in [0.05, 0.1) is 0 Å². The first kappa shape index (κ1) is 120. The van der Waals surface area contributed by atoms with Crippen LogP contribution in [0, 0.1) is 47.4 Å². The van der Waals surface area contributed by atoms with Crippen molar-refractivity contribution in [1.29, 1.82) is 0 Å². The fourth-order valence-corrected chi connectivity index (χ4v) is 20.8. The third-order valence-corrected chi connectivity index (χ3v) is 29.4. The van der Waals surface area contributed by atoms with Gasteiger partial charge in [-0.15, -0.1) is 0 Å². The van der Waals surface area contributed by atoms with Crippen LogP contribution in [0.3, 0.4) is 0 Å². The second-order valence-electron chi connectivity index (χ2n) is 40.0. The van der Waals surface area contributed by atoms with Crippen molar-refractivity contribution in [3.05, 3.63) is 86.5 Å². The van der Waals surface area contributed by atoms with E-state index in [0.717, 1.165) is 159 Å². The Morgan fingerprint density at radius 2 is 0.359 bits per heavy atom. The predicted molar refractivity (Wildman–Crippen MR) is 573 cm³/mol. The van der Waals surface area contributed by atoms with E-state index in [1.54, 1.807) is 9.79 Å². The van der Waals surface area contributed by atoms with Crippen molar-refractivity contribution < 1.29 is 22.7 Å². The number of allylic oxidation sites excluding steroid dienone is 2. The molecule has 736 valence electrons. The van der Waals surface area contributed by atoms with Gasteiger partial charge >= 0.3 is 169 Å². The summed E-state index contributed by atoms with van der Waals surface area (Å²) in [6, 6.07) is 13.2. The number of hydrogen-bond donors (Lipinski definition) is 0. The molecule has 0 N–H and O–H groups in total. The van der Waals surface area contributed by atoms with Crippen molar-refractivity contribution in [3.63, 3.8) is 0 Å². The maximum atomic E-state index is 12.8. The first-order valence-electron chi connectivity index (χ1n) is 58.1. The van der Waals surface area contributed by atoms with Gasteiger partial charge in [-0.25, -0.2) is 4.70 Å². The van der Waals surface area contributed by atoms with E-state index in [1.807, 2.05) is 0 Å². The van der Waals surface area contributed by atoms with Gasteiger partial charge in [0.15, 0.2) is 0 Å². The number of rotatable bonds is 91. The van der Waals surface area contributed by atoms with Gasteiger partial charge in [0.25, 0.3) is 0 Å². The van der Waals surface area contributed by atoms with E-state index in [0.29, 0.717) is 0 Å². The second kappa shape index (κ2) is 97.9. The molecule has 2 aromatic carbocycles. The number of unbranched alkanes of at least 4 members (excludes halogenated alkanes) is 81. The van der Waals surface area contributed by atoms with Crippen LogP contribution in [0.25, 0.3) is 16.9 Å². The summed E-state index contributed by atoms with van der Waals surface area (Å²) < 4.78 is 1.54. The Hall–Kier alpha value is -3.58. The van der Waals surface area contributed by atoms with E-state index in [-0.39, 0.29) is 0 Å². The summed E-state index contributed by atoms with van der Waals surface area (Å²) >= 11 is 1.06. The molecule has 2 nitrogen and oxygen atoms in total. The quantitative estimate of drug-likeness (QED) is 0.0273. The second-order valence-corrected chi connectivity index (χ2v) is 42.3. The molecule has 0 aromatic heterocycles. The van der Waals surface area contributed by atoms with Gasteiger partial charge in [-0.05, 0) is 87.8 Å². The van der Waals surface area contributed by atoms with E-state index in [2.05, 4.69) is 139 Å². The van der Waals surface area contributed by atoms with E-state index in [4.69, 9.17) is 0 Å². The van der Waals surface area contributed by atoms with Crippen LogP contribution in [0.2, 0.25) is 9.79 Å². The molecular formula is C125H216N2Pd. The van der Waals surface area contributed by atoms with Crippen LogP contribution in [0.1, 0.15) is 673 Å². The molecule has 0 saturated carbocycles. The van der Waals surface area contributed by atoms with Crippen molar-refractivity contribution in [3.8, 4) is 47.4 Å². The molecule has 1 aliphatic rings. The monoisotopic (exact) mass is 1850 g/mol. The van der Waals surface area contributed by atoms with Crippen LogP contribution in [-0.2, 0) is 18.0 Å². The average molecular weight is 1850 g/mol. The van der Waals surface area contributed by atoms with Gasteiger partial charge in [-0.1, -0.05) is 469 Å². The number of benzene rings is 2. The van der Waals surface area contributed by atoms with E-state index in [9.17, 15) is 5.53 Å². The summed E-state index contributed by atoms with van der Waals surface area (Å²) in [5.74, 6) is 28.2. The fraction of sp³-hybridized carbons (Fsp3) is 0.808. The Morgan fingerprint density at radius 1 is 0.188 bits per heavy atom. The molecule has 0 atom stereocenters. The minimum absolute atomic E-state index is 0.856. The van der Waals surface area contributed by atoms with Crippen LogP contribution in [0.4, 0.5) is 0 Å². The third kappa shape index (κ3) is 74.7. The molecule has 128 heavy (non-hydrogen) atoms. The van der Waals surface area contributed by atoms with Crippen molar-refractivity contribution in [2.45, 2.75) is 649 Å². The smallest absolute Gasteiger partial charge is 0.0654 e. The van der Waals surface area contributed by atoms with Gasteiger partial charge in [-0.3, -0.25) is 0 Å². The number of nitrogens with zero attached hydrogens (tertiary/aromatic N) is 2. The molecule has 0 amide bonds. The molecule has 3 rings (SSSR count). The summed E-state index contributed by atoms with van der Waals surface area (Å²) in [4.78, 5) is 3.10. The van der Waals surface area contributed by atoms with Gasteiger partial charge < -0.3 is 5.53 Å². The van der Waals surface area contributed by atoms with E-state index >= 15 is 0 Å². The van der Waals surface area contributed by atoms with Crippen molar-refractivity contribution >= 4 is 11.4 Å². The average Bonchev–Trinajstić information content (AvgIpc) is 1.60. The van der Waals surface area contributed by atoms with Crippen molar-refractivity contribution in [1.82, 2.24) is 0 Å². The summed E-state index contributed by atoms with van der Waals surface area (Å²) in [6.45, 7) is 18.1. The molecule has 3 heteroatoms. The Balaban J connectivity index is 0.00000108. The minimum atomic E-state index is 0.856. The molecule has 0 spiro atoms. The van der Waals surface area contributed by atoms with Crippen LogP contribution < -0.4 is 0 Å². The molecule has 0 fully saturated rings. The summed E-state index contributed by atoms with van der Waals surface area (Å²) in [5.41, 5.74) is 23.0. The summed E-state index contributed by atoms with van der Waals surface area (Å²) in [6.07, 6.45) is 125. The molecule has 0 radical (unpaired) electrons. The van der Waals surface area contributed by atoms with Crippen molar-refractivity contribution in [2.75, 3.05) is 0 Å². The Kier molecular flexibility index (Phi) is 92.2. The summed E-state index contributed by atoms with van der Waals surface area (Å²) in [7, 11) is 0. The van der Waals surface area contributed by atoms with Gasteiger partial charge in [-0.2, -0.15) is 0 Å². The molecule has 1 heterocycles. The van der Waals surface area contributed by atoms with E-state index in [1.165, 1.54) is 504 Å². The van der Waals surface area contributed by atoms with Gasteiger partial charge in [0, 0.05) is 70.2 Å². The zero-order valence-electron chi connectivity index (χ0n) is 87.4. The predicted octanol–water partition coefficient (Wildman–Crippen LogP) is 43.8. The molecule has 0 unspecified atom stereocenters. The SMILES string of the molecule is CCCC#Cc1cc(C#CCCC)cc(C2=C(CCCC)C(CCCCC)=C(c3cc(C#CCCCCCCCCCCCCCCCCCCCCCC)cc(C#CCCCCCCCCCCCCCCCCCCCCCC)c3)[N+]2=[N-])c1.CCCCCCCCCCCCCCCCCCCC[CH2][Pd][CH2]CCCCCCCCCCCCCCCCCCCC. The van der Waals surface area contributed by atoms with Crippen LogP contribution in [0.15, 0.2) is 47.5 Å². The molecular weight excluding hydrogens is 1640 g/mol. The molecule has 0 saturated heterocycles. The molecule has 1 aliphatic heterocycles. The zero-order valence-corrected chi connectivity index (χ0v) is 89.0. The first-order chi connectivity index (χ1) is 63.4. The van der Waals surface area contributed by atoms with Crippen molar-refractivity contribution in [2.24, 2.45) is 0 Å². The Morgan fingerprint density at radius 3 is 0.562 bits per heavy atom. The fourth-order valence-electron chi connectivity index (χ4n) is 18.9. The van der Waals surface area contributed by atoms with Crippen LogP contribution in [-0.4, -0.2) is 4.70 Å². The molecule has 2 aromatic rings.